The number of aromatic nitrogens is 6. The van der Waals surface area contributed by atoms with Gasteiger partial charge in [-0.2, -0.15) is 0 Å². The van der Waals surface area contributed by atoms with E-state index in [1.807, 2.05) is 25.4 Å². The molecule has 5 rings (SSSR count). The maximum absolute atomic E-state index is 6.19. The van der Waals surface area contributed by atoms with Gasteiger partial charge in [-0.05, 0) is 59.9 Å². The molecule has 0 bridgehead atoms. The van der Waals surface area contributed by atoms with Crippen LogP contribution in [0.5, 0.6) is 0 Å². The lowest BCUT2D eigenvalue weighted by Crippen LogP contribution is -2.02. The summed E-state index contributed by atoms with van der Waals surface area (Å²) in [6.07, 6.45) is 8.69. The average Bonchev–Trinajstić information content (AvgIpc) is 3.34. The second-order valence-electron chi connectivity index (χ2n) is 7.42. The fraction of sp³-hybridized carbons (Fsp3) is 0.286. The Morgan fingerprint density at radius 3 is 2.93 bits per heavy atom. The minimum Gasteiger partial charge on any atom is -0.383 e. The van der Waals surface area contributed by atoms with Gasteiger partial charge < -0.3 is 11.1 Å². The molecule has 0 saturated heterocycles. The van der Waals surface area contributed by atoms with Crippen LogP contribution in [-0.4, -0.2) is 29.9 Å². The molecular formula is C21H22N8. The number of nitrogen functional groups attached to an aromatic ring is 1. The van der Waals surface area contributed by atoms with E-state index < -0.39 is 0 Å². The number of fused-ring (bicyclic) bond motifs is 2. The molecule has 0 aromatic carbocycles. The number of pyridine rings is 3. The Kier molecular flexibility index (Phi) is 4.12. The summed E-state index contributed by atoms with van der Waals surface area (Å²) < 4.78 is 1.68. The van der Waals surface area contributed by atoms with Crippen LogP contribution in [0, 0.1) is 0 Å². The number of nitrogens with zero attached hydrogens (tertiary/aromatic N) is 6. The third kappa shape index (κ3) is 2.97. The van der Waals surface area contributed by atoms with E-state index in [1.54, 1.807) is 17.1 Å². The van der Waals surface area contributed by atoms with Crippen LogP contribution < -0.4 is 11.1 Å². The maximum Gasteiger partial charge on any atom is 0.134 e. The molecule has 0 amide bonds. The van der Waals surface area contributed by atoms with Gasteiger partial charge in [-0.3, -0.25) is 0 Å². The number of anilines is 3. The fourth-order valence-electron chi connectivity index (χ4n) is 4.17. The average molecular weight is 386 g/mol. The van der Waals surface area contributed by atoms with E-state index in [1.165, 1.54) is 17.5 Å². The van der Waals surface area contributed by atoms with Crippen LogP contribution in [0.25, 0.3) is 22.2 Å². The molecular weight excluding hydrogens is 364 g/mol. The first kappa shape index (κ1) is 17.5. The number of aryl methyl sites for hydroxylation is 1. The van der Waals surface area contributed by atoms with Crippen LogP contribution in [0.2, 0.25) is 0 Å². The molecule has 4 aromatic rings. The third-order valence-electron chi connectivity index (χ3n) is 5.74. The summed E-state index contributed by atoms with van der Waals surface area (Å²) in [5.41, 5.74) is 10.4. The Balaban J connectivity index is 1.54. The molecule has 0 spiro atoms. The summed E-state index contributed by atoms with van der Waals surface area (Å²) in [4.78, 5) is 13.6. The molecule has 0 fully saturated rings. The molecule has 1 aliphatic rings. The molecule has 8 heteroatoms. The van der Waals surface area contributed by atoms with Gasteiger partial charge in [0.2, 0.25) is 0 Å². The smallest absolute Gasteiger partial charge is 0.134 e. The third-order valence-corrected chi connectivity index (χ3v) is 5.74. The van der Waals surface area contributed by atoms with Crippen molar-refractivity contribution < 1.29 is 0 Å². The maximum atomic E-state index is 6.19. The summed E-state index contributed by atoms with van der Waals surface area (Å²) in [7, 11) is 1.83. The first-order valence-electron chi connectivity index (χ1n) is 9.80. The Bertz CT molecular complexity index is 1210. The van der Waals surface area contributed by atoms with Gasteiger partial charge in [-0.15, -0.1) is 5.10 Å². The van der Waals surface area contributed by atoms with Crippen molar-refractivity contribution in [3.05, 3.63) is 47.9 Å². The van der Waals surface area contributed by atoms with Crippen molar-refractivity contribution in [1.29, 1.82) is 0 Å². The summed E-state index contributed by atoms with van der Waals surface area (Å²) in [6, 6.07) is 6.11. The Hall–Kier alpha value is -3.55. The number of rotatable bonds is 4. The fourth-order valence-corrected chi connectivity index (χ4v) is 4.17. The van der Waals surface area contributed by atoms with Gasteiger partial charge in [0.05, 0.1) is 11.9 Å². The van der Waals surface area contributed by atoms with E-state index in [0.29, 0.717) is 11.7 Å². The van der Waals surface area contributed by atoms with Gasteiger partial charge >= 0.3 is 0 Å². The Labute approximate surface area is 168 Å². The van der Waals surface area contributed by atoms with Crippen LogP contribution in [0.4, 0.5) is 17.5 Å². The van der Waals surface area contributed by atoms with E-state index in [0.717, 1.165) is 46.6 Å². The highest BCUT2D eigenvalue weighted by molar-refractivity contribution is 5.94. The molecule has 4 aromatic heterocycles. The molecule has 4 heterocycles. The van der Waals surface area contributed by atoms with Crippen LogP contribution >= 0.6 is 0 Å². The Morgan fingerprint density at radius 1 is 1.24 bits per heavy atom. The molecule has 146 valence electrons. The molecule has 3 N–H and O–H groups in total. The zero-order valence-electron chi connectivity index (χ0n) is 16.4. The first-order chi connectivity index (χ1) is 14.1. The molecule has 29 heavy (non-hydrogen) atoms. The van der Waals surface area contributed by atoms with Crippen LogP contribution in [-0.2, 0) is 13.5 Å². The highest BCUT2D eigenvalue weighted by atomic mass is 15.4. The Morgan fingerprint density at radius 2 is 2.14 bits per heavy atom. The number of hydrogen-bond acceptors (Lipinski definition) is 7. The van der Waals surface area contributed by atoms with Crippen LogP contribution in [0.15, 0.2) is 36.8 Å². The normalized spacial score (nSPS) is 15.6. The predicted octanol–water partition coefficient (Wildman–Crippen LogP) is 3.59. The van der Waals surface area contributed by atoms with Gasteiger partial charge in [0.15, 0.2) is 0 Å². The molecule has 0 aliphatic heterocycles. The summed E-state index contributed by atoms with van der Waals surface area (Å²) >= 11 is 0. The van der Waals surface area contributed by atoms with Crippen molar-refractivity contribution in [3.63, 3.8) is 0 Å². The first-order valence-corrected chi connectivity index (χ1v) is 9.80. The SMILES string of the molecule is CC[C@H]1CCc2c1ccnc2Nc1cc2cc(-c3cnnn3C)nc(N)c2cn1. The van der Waals surface area contributed by atoms with Gasteiger partial charge in [-0.25, -0.2) is 19.6 Å². The van der Waals surface area contributed by atoms with Gasteiger partial charge in [0, 0.05) is 24.8 Å². The van der Waals surface area contributed by atoms with Crippen molar-refractivity contribution >= 4 is 28.2 Å². The summed E-state index contributed by atoms with van der Waals surface area (Å²) in [5, 5.41) is 13.1. The van der Waals surface area contributed by atoms with E-state index in [4.69, 9.17) is 5.73 Å². The lowest BCUT2D eigenvalue weighted by molar-refractivity contribution is 0.656. The van der Waals surface area contributed by atoms with E-state index >= 15 is 0 Å². The largest absolute Gasteiger partial charge is 0.383 e. The molecule has 0 radical (unpaired) electrons. The van der Waals surface area contributed by atoms with Crippen molar-refractivity contribution in [2.45, 2.75) is 32.1 Å². The number of hydrogen-bond donors (Lipinski definition) is 2. The van der Waals surface area contributed by atoms with Crippen molar-refractivity contribution in [2.24, 2.45) is 7.05 Å². The zero-order chi connectivity index (χ0) is 20.0. The van der Waals surface area contributed by atoms with Crippen LogP contribution in [0.1, 0.15) is 36.8 Å². The van der Waals surface area contributed by atoms with Gasteiger partial charge in [0.25, 0.3) is 0 Å². The predicted molar refractivity (Wildman–Crippen MR) is 113 cm³/mol. The lowest BCUT2D eigenvalue weighted by atomic mass is 10.00. The van der Waals surface area contributed by atoms with Gasteiger partial charge in [-0.1, -0.05) is 12.1 Å². The van der Waals surface area contributed by atoms with E-state index in [-0.39, 0.29) is 0 Å². The van der Waals surface area contributed by atoms with Crippen molar-refractivity contribution in [1.82, 2.24) is 29.9 Å². The highest BCUT2D eigenvalue weighted by Gasteiger charge is 2.24. The zero-order valence-corrected chi connectivity index (χ0v) is 16.4. The quantitative estimate of drug-likeness (QED) is 0.552. The number of nitrogens with two attached hydrogens (primary N) is 1. The molecule has 0 saturated carbocycles. The second-order valence-corrected chi connectivity index (χ2v) is 7.42. The minimum atomic E-state index is 0.433. The standard InChI is InChI=1S/C21H22N8/c1-3-12-4-5-15-14(12)6-7-23-21(15)27-19-9-13-8-17(18-11-25-28-29(18)2)26-20(22)16(13)10-24-19/h6-12H,3-5H2,1-2H3,(H2,22,26)(H,23,24,27)/t12-/m0/s1. The van der Waals surface area contributed by atoms with E-state index in [9.17, 15) is 0 Å². The van der Waals surface area contributed by atoms with Crippen molar-refractivity contribution in [2.75, 3.05) is 11.1 Å². The summed E-state index contributed by atoms with van der Waals surface area (Å²) in [5.74, 6) is 2.68. The molecule has 1 aliphatic carbocycles. The second kappa shape index (κ2) is 6.80. The topological polar surface area (TPSA) is 107 Å². The van der Waals surface area contributed by atoms with Gasteiger partial charge in [0.1, 0.15) is 23.1 Å². The monoisotopic (exact) mass is 386 g/mol. The molecule has 1 atom stereocenters. The lowest BCUT2D eigenvalue weighted by Gasteiger charge is -2.12. The van der Waals surface area contributed by atoms with E-state index in [2.05, 4.69) is 43.6 Å². The molecule has 0 unspecified atom stereocenters. The number of nitrogens with one attached hydrogen (secondary N) is 1. The highest BCUT2D eigenvalue weighted by Crippen LogP contribution is 2.38. The van der Waals surface area contributed by atoms with Crippen LogP contribution in [0.3, 0.4) is 0 Å². The minimum absolute atomic E-state index is 0.433. The van der Waals surface area contributed by atoms with Crippen molar-refractivity contribution in [3.8, 4) is 11.4 Å². The molecule has 8 nitrogen and oxygen atoms in total. The summed E-state index contributed by atoms with van der Waals surface area (Å²) in [6.45, 7) is 2.24.